The van der Waals surface area contributed by atoms with Crippen LogP contribution in [0.3, 0.4) is 0 Å². The molecule has 2 heterocycles. The van der Waals surface area contributed by atoms with Crippen LogP contribution in [0.2, 0.25) is 5.15 Å². The van der Waals surface area contributed by atoms with E-state index in [-0.39, 0.29) is 22.1 Å². The molecule has 0 unspecified atom stereocenters. The maximum absolute atomic E-state index is 12.6. The molecule has 6 nitrogen and oxygen atoms in total. The molecule has 2 aromatic heterocycles. The van der Waals surface area contributed by atoms with Crippen molar-refractivity contribution in [1.29, 1.82) is 0 Å². The zero-order valence-corrected chi connectivity index (χ0v) is 14.2. The van der Waals surface area contributed by atoms with Crippen molar-refractivity contribution in [3.05, 3.63) is 47.4 Å². The molecule has 120 valence electrons. The average molecular weight is 351 g/mol. The number of nitrogens with zero attached hydrogens (tertiary/aromatic N) is 4. The molecule has 0 fully saturated rings. The molecule has 0 saturated heterocycles. The Morgan fingerprint density at radius 1 is 1.17 bits per heavy atom. The van der Waals surface area contributed by atoms with E-state index in [0.717, 1.165) is 0 Å². The summed E-state index contributed by atoms with van der Waals surface area (Å²) >= 11 is 6.10. The Morgan fingerprint density at radius 3 is 2.52 bits per heavy atom. The predicted molar refractivity (Wildman–Crippen MR) is 88.0 cm³/mol. The molecule has 0 radical (unpaired) electrons. The van der Waals surface area contributed by atoms with Crippen molar-refractivity contribution in [2.75, 3.05) is 0 Å². The van der Waals surface area contributed by atoms with Gasteiger partial charge in [0.15, 0.2) is 10.8 Å². The maximum Gasteiger partial charge on any atom is 0.250 e. The summed E-state index contributed by atoms with van der Waals surface area (Å²) in [5.74, 6) is -0.175. The summed E-state index contributed by atoms with van der Waals surface area (Å²) in [4.78, 5) is 12.3. The Labute approximate surface area is 139 Å². The fourth-order valence-corrected chi connectivity index (χ4v) is 3.72. The van der Waals surface area contributed by atoms with Crippen molar-refractivity contribution >= 4 is 32.6 Å². The first-order valence-electron chi connectivity index (χ1n) is 7.05. The van der Waals surface area contributed by atoms with Gasteiger partial charge < -0.3 is 4.57 Å². The molecule has 0 atom stereocenters. The number of hydrogen-bond donors (Lipinski definition) is 0. The summed E-state index contributed by atoms with van der Waals surface area (Å²) < 4.78 is 26.9. The highest BCUT2D eigenvalue weighted by atomic mass is 35.5. The number of halogens is 1. The molecule has 0 aliphatic carbocycles. The summed E-state index contributed by atoms with van der Waals surface area (Å²) in [5.41, 5.74) is 1.50. The van der Waals surface area contributed by atoms with E-state index in [4.69, 9.17) is 11.6 Å². The zero-order valence-electron chi connectivity index (χ0n) is 12.6. The largest absolute Gasteiger partial charge is 0.313 e. The van der Waals surface area contributed by atoms with Gasteiger partial charge in [-0.3, -0.25) is 0 Å². The smallest absolute Gasteiger partial charge is 0.250 e. The summed E-state index contributed by atoms with van der Waals surface area (Å²) in [6.45, 7) is 3.91. The molecule has 0 aliphatic rings. The van der Waals surface area contributed by atoms with E-state index >= 15 is 0 Å². The second kappa shape index (κ2) is 5.90. The van der Waals surface area contributed by atoms with Gasteiger partial charge in [-0.05, 0) is 19.4 Å². The van der Waals surface area contributed by atoms with Crippen LogP contribution in [0.25, 0.3) is 11.2 Å². The number of fused-ring (bicyclic) bond motifs is 1. The highest BCUT2D eigenvalue weighted by Crippen LogP contribution is 2.24. The number of benzene rings is 1. The van der Waals surface area contributed by atoms with Gasteiger partial charge in [-0.15, -0.1) is 0 Å². The van der Waals surface area contributed by atoms with Crippen molar-refractivity contribution < 1.29 is 8.42 Å². The molecule has 23 heavy (non-hydrogen) atoms. The van der Waals surface area contributed by atoms with Gasteiger partial charge in [-0.1, -0.05) is 41.9 Å². The standard InChI is InChI=1S/C15H15ClN4O2S/c1-10(2)20-9-17-12-13(16)18-15(19-14(12)20)23(21,22)8-11-6-4-3-5-7-11/h3-7,9-10H,8H2,1-2H3. The minimum absolute atomic E-state index is 0.0426. The van der Waals surface area contributed by atoms with Gasteiger partial charge in [0, 0.05) is 6.04 Å². The molecule has 0 amide bonds. The first kappa shape index (κ1) is 15.9. The van der Waals surface area contributed by atoms with Crippen LogP contribution in [-0.4, -0.2) is 27.9 Å². The van der Waals surface area contributed by atoms with E-state index in [1.54, 1.807) is 35.2 Å². The third-order valence-electron chi connectivity index (χ3n) is 3.39. The fraction of sp³-hybridized carbons (Fsp3) is 0.267. The van der Waals surface area contributed by atoms with Crippen molar-refractivity contribution in [2.45, 2.75) is 30.8 Å². The molecule has 3 aromatic rings. The highest BCUT2D eigenvalue weighted by Gasteiger charge is 2.23. The molecular formula is C15H15ClN4O2S. The van der Waals surface area contributed by atoms with E-state index in [0.29, 0.717) is 16.7 Å². The van der Waals surface area contributed by atoms with Gasteiger partial charge in [0.05, 0.1) is 12.1 Å². The summed E-state index contributed by atoms with van der Waals surface area (Å²) in [6, 6.07) is 8.98. The third kappa shape index (κ3) is 3.07. The number of sulfone groups is 1. The molecule has 0 bridgehead atoms. The van der Waals surface area contributed by atoms with Crippen LogP contribution < -0.4 is 0 Å². The molecule has 0 saturated carbocycles. The first-order chi connectivity index (χ1) is 10.9. The maximum atomic E-state index is 12.6. The lowest BCUT2D eigenvalue weighted by atomic mass is 10.2. The Bertz CT molecular complexity index is 952. The van der Waals surface area contributed by atoms with Gasteiger partial charge in [-0.2, -0.15) is 4.98 Å². The topological polar surface area (TPSA) is 77.7 Å². The quantitative estimate of drug-likeness (QED) is 0.534. The molecule has 8 heteroatoms. The summed E-state index contributed by atoms with van der Waals surface area (Å²) in [7, 11) is -3.70. The predicted octanol–water partition coefficient (Wildman–Crippen LogP) is 3.03. The van der Waals surface area contributed by atoms with Crippen molar-refractivity contribution in [1.82, 2.24) is 19.5 Å². The SMILES string of the molecule is CC(C)n1cnc2c(Cl)nc(S(=O)(=O)Cc3ccccc3)nc21. The summed E-state index contributed by atoms with van der Waals surface area (Å²) in [6.07, 6.45) is 1.59. The molecule has 0 N–H and O–H groups in total. The van der Waals surface area contributed by atoms with Gasteiger partial charge >= 0.3 is 0 Å². The minimum atomic E-state index is -3.70. The van der Waals surface area contributed by atoms with E-state index in [9.17, 15) is 8.42 Å². The Hall–Kier alpha value is -1.99. The molecule has 1 aromatic carbocycles. The molecule has 0 spiro atoms. The van der Waals surface area contributed by atoms with Crippen molar-refractivity contribution in [2.24, 2.45) is 0 Å². The van der Waals surface area contributed by atoms with E-state index in [1.807, 2.05) is 19.9 Å². The fourth-order valence-electron chi connectivity index (χ4n) is 2.24. The van der Waals surface area contributed by atoms with E-state index in [1.165, 1.54) is 0 Å². The monoisotopic (exact) mass is 350 g/mol. The first-order valence-corrected chi connectivity index (χ1v) is 9.08. The van der Waals surface area contributed by atoms with E-state index in [2.05, 4.69) is 15.0 Å². The minimum Gasteiger partial charge on any atom is -0.313 e. The number of imidazole rings is 1. The van der Waals surface area contributed by atoms with Crippen LogP contribution in [0, 0.1) is 0 Å². The molecular weight excluding hydrogens is 336 g/mol. The lowest BCUT2D eigenvalue weighted by Gasteiger charge is -2.08. The van der Waals surface area contributed by atoms with Crippen molar-refractivity contribution in [3.63, 3.8) is 0 Å². The van der Waals surface area contributed by atoms with Gasteiger partial charge in [-0.25, -0.2) is 18.4 Å². The van der Waals surface area contributed by atoms with Crippen LogP contribution >= 0.6 is 11.6 Å². The summed E-state index contributed by atoms with van der Waals surface area (Å²) in [5, 5.41) is -0.234. The highest BCUT2D eigenvalue weighted by molar-refractivity contribution is 7.90. The number of hydrogen-bond acceptors (Lipinski definition) is 5. The van der Waals surface area contributed by atoms with Gasteiger partial charge in [0.25, 0.3) is 5.16 Å². The lowest BCUT2D eigenvalue weighted by molar-refractivity contribution is 0.583. The third-order valence-corrected chi connectivity index (χ3v) is 5.11. The lowest BCUT2D eigenvalue weighted by Crippen LogP contribution is -2.11. The van der Waals surface area contributed by atoms with Crippen LogP contribution in [0.1, 0.15) is 25.5 Å². The molecule has 3 rings (SSSR count). The Morgan fingerprint density at radius 2 is 1.87 bits per heavy atom. The normalized spacial score (nSPS) is 12.2. The van der Waals surface area contributed by atoms with Gasteiger partial charge in [0.1, 0.15) is 5.52 Å². The number of aromatic nitrogens is 4. The second-order valence-electron chi connectivity index (χ2n) is 5.46. The molecule has 0 aliphatic heterocycles. The van der Waals surface area contributed by atoms with Crippen LogP contribution in [0.5, 0.6) is 0 Å². The Kier molecular flexibility index (Phi) is 4.08. The Balaban J connectivity index is 2.10. The van der Waals surface area contributed by atoms with Crippen LogP contribution in [0.4, 0.5) is 0 Å². The van der Waals surface area contributed by atoms with Crippen molar-refractivity contribution in [3.8, 4) is 0 Å². The second-order valence-corrected chi connectivity index (χ2v) is 7.70. The van der Waals surface area contributed by atoms with E-state index < -0.39 is 9.84 Å². The average Bonchev–Trinajstić information content (AvgIpc) is 2.92. The van der Waals surface area contributed by atoms with Crippen LogP contribution in [0.15, 0.2) is 41.8 Å². The number of rotatable bonds is 4. The van der Waals surface area contributed by atoms with Crippen LogP contribution in [-0.2, 0) is 15.6 Å². The zero-order chi connectivity index (χ0) is 16.6. The van der Waals surface area contributed by atoms with Gasteiger partial charge in [0.2, 0.25) is 9.84 Å².